The van der Waals surface area contributed by atoms with Crippen molar-refractivity contribution in [2.75, 3.05) is 31.1 Å². The van der Waals surface area contributed by atoms with Crippen LogP contribution in [0.3, 0.4) is 0 Å². The first-order valence-corrected chi connectivity index (χ1v) is 8.64. The number of piperidine rings is 1. The first-order chi connectivity index (χ1) is 9.39. The van der Waals surface area contributed by atoms with E-state index in [0.29, 0.717) is 6.54 Å². The molecular weight excluding hydrogens is 284 g/mol. The Morgan fingerprint density at radius 3 is 2.70 bits per heavy atom. The maximum absolute atomic E-state index is 12.5. The molecule has 0 spiro atoms. The van der Waals surface area contributed by atoms with Gasteiger partial charge in [-0.15, -0.1) is 0 Å². The molecule has 0 saturated carbocycles. The quantitative estimate of drug-likeness (QED) is 0.699. The smallest absolute Gasteiger partial charge is 0.305 e. The molecule has 2 saturated heterocycles. The Kier molecular flexibility index (Phi) is 4.64. The lowest BCUT2D eigenvalue weighted by Gasteiger charge is -2.37. The Bertz CT molecular complexity index is 484. The zero-order valence-electron chi connectivity index (χ0n) is 11.2. The van der Waals surface area contributed by atoms with E-state index < -0.39 is 21.8 Å². The highest BCUT2D eigenvalue weighted by atomic mass is 32.2. The van der Waals surface area contributed by atoms with Gasteiger partial charge in [0.25, 0.3) is 0 Å². The summed E-state index contributed by atoms with van der Waals surface area (Å²) < 4.78 is 23.3. The van der Waals surface area contributed by atoms with Crippen LogP contribution in [0.5, 0.6) is 0 Å². The molecule has 0 radical (unpaired) electrons. The summed E-state index contributed by atoms with van der Waals surface area (Å²) in [5.41, 5.74) is 0. The van der Waals surface area contributed by atoms with Gasteiger partial charge < -0.3 is 15.3 Å². The van der Waals surface area contributed by atoms with Gasteiger partial charge in [0, 0.05) is 13.1 Å². The van der Waals surface area contributed by atoms with Crippen molar-refractivity contribution in [3.8, 4) is 0 Å². The molecule has 0 bridgehead atoms. The SMILES string of the molecule is O=C(O)CC1CS(=O)(=O)CCN1C(=O)[C@@H]1CCCNC1. The number of sulfone groups is 1. The number of carboxylic acid groups (broad SMARTS) is 1. The number of carbonyl (C=O) groups is 2. The number of carbonyl (C=O) groups excluding carboxylic acids is 1. The van der Waals surface area contributed by atoms with Crippen molar-refractivity contribution in [1.29, 1.82) is 0 Å². The minimum Gasteiger partial charge on any atom is -0.481 e. The summed E-state index contributed by atoms with van der Waals surface area (Å²) in [6, 6.07) is -0.735. The molecule has 114 valence electrons. The number of aliphatic carboxylic acids is 1. The monoisotopic (exact) mass is 304 g/mol. The van der Waals surface area contributed by atoms with Gasteiger partial charge in [-0.1, -0.05) is 0 Å². The van der Waals surface area contributed by atoms with Gasteiger partial charge in [0.15, 0.2) is 9.84 Å². The van der Waals surface area contributed by atoms with Gasteiger partial charge in [0.2, 0.25) is 5.91 Å². The summed E-state index contributed by atoms with van der Waals surface area (Å²) in [6.45, 7) is 1.58. The Morgan fingerprint density at radius 1 is 1.35 bits per heavy atom. The average Bonchev–Trinajstić information content (AvgIpc) is 2.37. The largest absolute Gasteiger partial charge is 0.481 e. The van der Waals surface area contributed by atoms with E-state index in [1.165, 1.54) is 4.90 Å². The van der Waals surface area contributed by atoms with E-state index in [1.54, 1.807) is 0 Å². The van der Waals surface area contributed by atoms with E-state index in [-0.39, 0.29) is 36.3 Å². The van der Waals surface area contributed by atoms with Crippen LogP contribution in [0.15, 0.2) is 0 Å². The predicted octanol–water partition coefficient (Wildman–Crippen LogP) is -0.914. The lowest BCUT2D eigenvalue weighted by Crippen LogP contribution is -2.55. The molecule has 0 aromatic carbocycles. The van der Waals surface area contributed by atoms with Gasteiger partial charge >= 0.3 is 5.97 Å². The van der Waals surface area contributed by atoms with Crippen molar-refractivity contribution in [2.45, 2.75) is 25.3 Å². The molecule has 7 nitrogen and oxygen atoms in total. The van der Waals surface area contributed by atoms with Crippen LogP contribution in [-0.4, -0.2) is 67.5 Å². The van der Waals surface area contributed by atoms with Gasteiger partial charge in [-0.3, -0.25) is 9.59 Å². The van der Waals surface area contributed by atoms with Crippen LogP contribution in [0.1, 0.15) is 19.3 Å². The molecule has 2 rings (SSSR count). The molecule has 2 fully saturated rings. The van der Waals surface area contributed by atoms with E-state index in [0.717, 1.165) is 19.4 Å². The summed E-state index contributed by atoms with van der Waals surface area (Å²) in [4.78, 5) is 24.8. The standard InChI is InChI=1S/C12H20N2O5S/c15-11(16)6-10-8-20(18,19)5-4-14(10)12(17)9-2-1-3-13-7-9/h9-10,13H,1-8H2,(H,15,16)/t9-,10?/m1/s1. The van der Waals surface area contributed by atoms with Crippen LogP contribution in [-0.2, 0) is 19.4 Å². The minimum absolute atomic E-state index is 0.0744. The Hall–Kier alpha value is -1.15. The molecule has 2 N–H and O–H groups in total. The summed E-state index contributed by atoms with van der Waals surface area (Å²) in [6.07, 6.45) is 1.37. The number of nitrogens with one attached hydrogen (secondary N) is 1. The molecule has 20 heavy (non-hydrogen) atoms. The second-order valence-electron chi connectivity index (χ2n) is 5.44. The van der Waals surface area contributed by atoms with Crippen LogP contribution in [0.2, 0.25) is 0 Å². The first-order valence-electron chi connectivity index (χ1n) is 6.82. The van der Waals surface area contributed by atoms with Crippen molar-refractivity contribution < 1.29 is 23.1 Å². The van der Waals surface area contributed by atoms with E-state index in [1.807, 2.05) is 0 Å². The summed E-state index contributed by atoms with van der Waals surface area (Å²) in [7, 11) is -3.25. The van der Waals surface area contributed by atoms with Gasteiger partial charge in [0.05, 0.1) is 29.9 Å². The molecule has 2 heterocycles. The van der Waals surface area contributed by atoms with Crippen molar-refractivity contribution in [2.24, 2.45) is 5.92 Å². The van der Waals surface area contributed by atoms with E-state index >= 15 is 0 Å². The normalized spacial score (nSPS) is 29.9. The summed E-state index contributed by atoms with van der Waals surface area (Å²) in [5, 5.41) is 12.0. The van der Waals surface area contributed by atoms with Crippen LogP contribution in [0.25, 0.3) is 0 Å². The van der Waals surface area contributed by atoms with Crippen molar-refractivity contribution in [1.82, 2.24) is 10.2 Å². The van der Waals surface area contributed by atoms with Gasteiger partial charge in [0.1, 0.15) is 0 Å². The maximum Gasteiger partial charge on any atom is 0.305 e. The zero-order chi connectivity index (χ0) is 14.8. The highest BCUT2D eigenvalue weighted by molar-refractivity contribution is 7.91. The van der Waals surface area contributed by atoms with Crippen LogP contribution >= 0.6 is 0 Å². The third kappa shape index (κ3) is 3.69. The molecule has 2 atom stereocenters. The number of rotatable bonds is 3. The summed E-state index contributed by atoms with van der Waals surface area (Å²) in [5.74, 6) is -1.67. The Morgan fingerprint density at radius 2 is 2.10 bits per heavy atom. The highest BCUT2D eigenvalue weighted by Crippen LogP contribution is 2.21. The topological polar surface area (TPSA) is 104 Å². The maximum atomic E-state index is 12.5. The van der Waals surface area contributed by atoms with Crippen LogP contribution in [0, 0.1) is 5.92 Å². The molecule has 0 aromatic heterocycles. The highest BCUT2D eigenvalue weighted by Gasteiger charge is 2.37. The third-order valence-electron chi connectivity index (χ3n) is 3.87. The van der Waals surface area contributed by atoms with E-state index in [2.05, 4.69) is 5.32 Å². The van der Waals surface area contributed by atoms with Crippen molar-refractivity contribution in [3.05, 3.63) is 0 Å². The Balaban J connectivity index is 2.10. The second kappa shape index (κ2) is 6.09. The molecule has 2 aliphatic rings. The molecule has 1 amide bonds. The number of hydrogen-bond donors (Lipinski definition) is 2. The number of nitrogens with zero attached hydrogens (tertiary/aromatic N) is 1. The first kappa shape index (κ1) is 15.2. The predicted molar refractivity (Wildman–Crippen MR) is 72.0 cm³/mol. The number of amides is 1. The summed E-state index contributed by atoms with van der Waals surface area (Å²) >= 11 is 0. The van der Waals surface area contributed by atoms with Crippen molar-refractivity contribution >= 4 is 21.7 Å². The van der Waals surface area contributed by atoms with Crippen LogP contribution < -0.4 is 5.32 Å². The van der Waals surface area contributed by atoms with Crippen molar-refractivity contribution in [3.63, 3.8) is 0 Å². The fourth-order valence-electron chi connectivity index (χ4n) is 2.84. The molecular formula is C12H20N2O5S. The van der Waals surface area contributed by atoms with Gasteiger partial charge in [-0.05, 0) is 19.4 Å². The fourth-order valence-corrected chi connectivity index (χ4v) is 4.37. The van der Waals surface area contributed by atoms with Gasteiger partial charge in [-0.2, -0.15) is 0 Å². The van der Waals surface area contributed by atoms with E-state index in [9.17, 15) is 18.0 Å². The Labute approximate surface area is 118 Å². The number of carboxylic acids is 1. The minimum atomic E-state index is -3.25. The zero-order valence-corrected chi connectivity index (χ0v) is 12.1. The average molecular weight is 304 g/mol. The lowest BCUT2D eigenvalue weighted by molar-refractivity contribution is -0.142. The lowest BCUT2D eigenvalue weighted by atomic mass is 9.97. The van der Waals surface area contributed by atoms with E-state index in [4.69, 9.17) is 5.11 Å². The molecule has 0 aliphatic carbocycles. The molecule has 1 unspecified atom stereocenters. The third-order valence-corrected chi connectivity index (χ3v) is 5.57. The number of hydrogen-bond acceptors (Lipinski definition) is 5. The second-order valence-corrected chi connectivity index (χ2v) is 7.67. The fraction of sp³-hybridized carbons (Fsp3) is 0.833. The van der Waals surface area contributed by atoms with Crippen LogP contribution in [0.4, 0.5) is 0 Å². The van der Waals surface area contributed by atoms with Gasteiger partial charge in [-0.25, -0.2) is 8.42 Å². The molecule has 2 aliphatic heterocycles. The molecule has 8 heteroatoms. The molecule has 0 aromatic rings.